The molecule has 3 aromatic carbocycles. The van der Waals surface area contributed by atoms with Crippen LogP contribution in [0.3, 0.4) is 0 Å². The average molecular weight is 562 g/mol. The van der Waals surface area contributed by atoms with Gasteiger partial charge in [0.25, 0.3) is 5.91 Å². The molecule has 4 rings (SSSR count). The first-order valence-corrected chi connectivity index (χ1v) is 14.6. The van der Waals surface area contributed by atoms with Crippen LogP contribution in [0.5, 0.6) is 0 Å². The van der Waals surface area contributed by atoms with E-state index in [0.717, 1.165) is 48.1 Å². The van der Waals surface area contributed by atoms with E-state index >= 15 is 0 Å². The Labute approximate surface area is 242 Å². The summed E-state index contributed by atoms with van der Waals surface area (Å²) >= 11 is 6.84. The number of piperidine rings is 1. The highest BCUT2D eigenvalue weighted by molar-refractivity contribution is 6.33. The Kier molecular flexibility index (Phi) is 10.4. The zero-order valence-electron chi connectivity index (χ0n) is 23.5. The maximum Gasteiger partial charge on any atom is 0.253 e. The van der Waals surface area contributed by atoms with E-state index in [1.54, 1.807) is 0 Å². The molecule has 1 aliphatic heterocycles. The van der Waals surface area contributed by atoms with Crippen LogP contribution in [-0.2, 0) is 23.4 Å². The lowest BCUT2D eigenvalue weighted by atomic mass is 9.72. The van der Waals surface area contributed by atoms with Crippen molar-refractivity contribution in [3.05, 3.63) is 94.0 Å². The lowest BCUT2D eigenvalue weighted by Gasteiger charge is -2.44. The van der Waals surface area contributed by atoms with Crippen molar-refractivity contribution < 1.29 is 14.7 Å². The molecule has 40 heavy (non-hydrogen) atoms. The molecule has 3 aromatic rings. The number of carbonyl (C=O) groups excluding carboxylic acids is 2. The minimum atomic E-state index is -1.25. The van der Waals surface area contributed by atoms with Gasteiger partial charge in [-0.3, -0.25) is 9.59 Å². The summed E-state index contributed by atoms with van der Waals surface area (Å²) in [4.78, 5) is 26.3. The Balaban J connectivity index is 1.69. The third-order valence-electron chi connectivity index (χ3n) is 8.03. The lowest BCUT2D eigenvalue weighted by molar-refractivity contribution is -0.109. The maximum atomic E-state index is 13.5. The van der Waals surface area contributed by atoms with Gasteiger partial charge in [0.1, 0.15) is 0 Å². The molecule has 1 fully saturated rings. The van der Waals surface area contributed by atoms with Gasteiger partial charge in [-0.05, 0) is 79.6 Å². The van der Waals surface area contributed by atoms with Crippen LogP contribution in [0.15, 0.2) is 66.7 Å². The van der Waals surface area contributed by atoms with Crippen molar-refractivity contribution in [3.8, 4) is 11.1 Å². The van der Waals surface area contributed by atoms with E-state index in [2.05, 4.69) is 29.7 Å². The highest BCUT2D eigenvalue weighted by atomic mass is 35.5. The second kappa shape index (κ2) is 13.9. The largest absolute Gasteiger partial charge is 0.385 e. The minimum Gasteiger partial charge on any atom is -0.385 e. The van der Waals surface area contributed by atoms with Gasteiger partial charge < -0.3 is 20.6 Å². The number of hydrogen-bond acceptors (Lipinski definition) is 4. The first-order chi connectivity index (χ1) is 19.4. The standard InChI is InChI=1S/C33H40ClN3O3/c1-3-24-8-4-9-27(20-24)31-29(11-5-12-30(31)34)33(40,17-7-18-36-23-38)28-10-6-19-37(22-28)32(39)26-15-13-25(14-16-26)21-35-2/h4-5,8-9,11-16,20,23,28,35,40H,3,6-7,10,17-19,21-22H2,1-2H3,(H,36,38)/t28-,33+/m1/s1. The Morgan fingerprint density at radius 2 is 1.90 bits per heavy atom. The van der Waals surface area contributed by atoms with E-state index in [1.165, 1.54) is 5.56 Å². The molecule has 0 aromatic heterocycles. The fourth-order valence-corrected chi connectivity index (χ4v) is 6.19. The molecule has 2 amide bonds. The van der Waals surface area contributed by atoms with Crippen molar-refractivity contribution in [2.45, 2.75) is 51.2 Å². The fraction of sp³-hybridized carbons (Fsp3) is 0.394. The molecule has 212 valence electrons. The number of nitrogens with zero attached hydrogens (tertiary/aromatic N) is 1. The topological polar surface area (TPSA) is 81.7 Å². The van der Waals surface area contributed by atoms with Crippen LogP contribution in [0.2, 0.25) is 5.02 Å². The summed E-state index contributed by atoms with van der Waals surface area (Å²) in [6.07, 6.45) is 4.18. The quantitative estimate of drug-likeness (QED) is 0.200. The van der Waals surface area contributed by atoms with Gasteiger partial charge in [0.15, 0.2) is 0 Å². The van der Waals surface area contributed by atoms with Crippen LogP contribution in [0, 0.1) is 5.92 Å². The molecule has 2 atom stereocenters. The average Bonchev–Trinajstić information content (AvgIpc) is 2.99. The molecule has 1 heterocycles. The van der Waals surface area contributed by atoms with Crippen LogP contribution >= 0.6 is 11.6 Å². The summed E-state index contributed by atoms with van der Waals surface area (Å²) < 4.78 is 0. The summed E-state index contributed by atoms with van der Waals surface area (Å²) in [5.74, 6) is -0.218. The van der Waals surface area contributed by atoms with Crippen LogP contribution in [0.4, 0.5) is 0 Å². The molecule has 7 heteroatoms. The maximum absolute atomic E-state index is 13.5. The summed E-state index contributed by atoms with van der Waals surface area (Å²) in [5, 5.41) is 19.1. The number of hydrogen-bond donors (Lipinski definition) is 3. The summed E-state index contributed by atoms with van der Waals surface area (Å²) in [5.41, 5.74) is 4.28. The van der Waals surface area contributed by atoms with Gasteiger partial charge >= 0.3 is 0 Å². The Hall–Kier alpha value is -3.19. The van der Waals surface area contributed by atoms with Gasteiger partial charge in [0.05, 0.1) is 5.60 Å². The summed E-state index contributed by atoms with van der Waals surface area (Å²) in [7, 11) is 1.90. The molecule has 0 saturated carbocycles. The highest BCUT2D eigenvalue weighted by Gasteiger charge is 2.43. The number of benzene rings is 3. The smallest absolute Gasteiger partial charge is 0.253 e. The SMILES string of the molecule is CCc1cccc(-c2c(Cl)cccc2[C@](O)(CCCNC=O)[C@@H]2CCCN(C(=O)c3ccc(CNC)cc3)C2)c1. The van der Waals surface area contributed by atoms with Crippen molar-refractivity contribution in [1.29, 1.82) is 0 Å². The van der Waals surface area contributed by atoms with Gasteiger partial charge in [-0.25, -0.2) is 0 Å². The number of aryl methyl sites for hydroxylation is 1. The monoisotopic (exact) mass is 561 g/mol. The zero-order chi connectivity index (χ0) is 28.5. The number of carbonyl (C=O) groups is 2. The van der Waals surface area contributed by atoms with Crippen LogP contribution in [0.1, 0.15) is 59.7 Å². The van der Waals surface area contributed by atoms with E-state index in [0.29, 0.717) is 49.5 Å². The fourth-order valence-electron chi connectivity index (χ4n) is 5.91. The Morgan fingerprint density at radius 3 is 2.62 bits per heavy atom. The van der Waals surface area contributed by atoms with Gasteiger partial charge in [-0.15, -0.1) is 0 Å². The Bertz CT molecular complexity index is 1300. The molecular formula is C33H40ClN3O3. The first kappa shape index (κ1) is 29.8. The third kappa shape index (κ3) is 6.74. The molecule has 0 unspecified atom stereocenters. The predicted octanol–water partition coefficient (Wildman–Crippen LogP) is 5.56. The van der Waals surface area contributed by atoms with Crippen LogP contribution in [0.25, 0.3) is 11.1 Å². The number of likely N-dealkylation sites (tertiary alicyclic amines) is 1. The van der Waals surface area contributed by atoms with Gasteiger partial charge in [0.2, 0.25) is 6.41 Å². The van der Waals surface area contributed by atoms with Gasteiger partial charge in [0, 0.05) is 48.2 Å². The van der Waals surface area contributed by atoms with Gasteiger partial charge in [-0.1, -0.05) is 67.1 Å². The van der Waals surface area contributed by atoms with Crippen LogP contribution in [-0.4, -0.2) is 49.0 Å². The van der Waals surface area contributed by atoms with Crippen molar-refractivity contribution in [3.63, 3.8) is 0 Å². The molecule has 1 saturated heterocycles. The molecule has 6 nitrogen and oxygen atoms in total. The van der Waals surface area contributed by atoms with Crippen molar-refractivity contribution >= 4 is 23.9 Å². The number of aliphatic hydroxyl groups is 1. The third-order valence-corrected chi connectivity index (χ3v) is 8.35. The normalized spacial score (nSPS) is 16.8. The van der Waals surface area contributed by atoms with Crippen molar-refractivity contribution in [2.24, 2.45) is 5.92 Å². The summed E-state index contributed by atoms with van der Waals surface area (Å²) in [6.45, 7) is 4.41. The van der Waals surface area contributed by atoms with E-state index in [9.17, 15) is 14.7 Å². The number of rotatable bonds is 12. The molecule has 0 bridgehead atoms. The lowest BCUT2D eigenvalue weighted by Crippen LogP contribution is -2.48. The highest BCUT2D eigenvalue weighted by Crippen LogP contribution is 2.45. The van der Waals surface area contributed by atoms with Gasteiger partial charge in [-0.2, -0.15) is 0 Å². The van der Waals surface area contributed by atoms with E-state index in [1.807, 2.05) is 66.5 Å². The molecular weight excluding hydrogens is 522 g/mol. The van der Waals surface area contributed by atoms with E-state index < -0.39 is 5.60 Å². The predicted molar refractivity (Wildman–Crippen MR) is 161 cm³/mol. The summed E-state index contributed by atoms with van der Waals surface area (Å²) in [6, 6.07) is 21.7. The number of halogens is 1. The van der Waals surface area contributed by atoms with E-state index in [4.69, 9.17) is 11.6 Å². The van der Waals surface area contributed by atoms with Crippen molar-refractivity contribution in [1.82, 2.24) is 15.5 Å². The first-order valence-electron chi connectivity index (χ1n) is 14.2. The van der Waals surface area contributed by atoms with E-state index in [-0.39, 0.29) is 11.8 Å². The molecule has 0 aliphatic carbocycles. The molecule has 0 spiro atoms. The second-order valence-corrected chi connectivity index (χ2v) is 11.0. The second-order valence-electron chi connectivity index (χ2n) is 10.6. The minimum absolute atomic E-state index is 0.0207. The molecule has 1 aliphatic rings. The molecule has 3 N–H and O–H groups in total. The number of amides is 2. The zero-order valence-corrected chi connectivity index (χ0v) is 24.2. The Morgan fingerprint density at radius 1 is 1.12 bits per heavy atom. The molecule has 0 radical (unpaired) electrons. The van der Waals surface area contributed by atoms with Crippen LogP contribution < -0.4 is 10.6 Å². The number of nitrogens with one attached hydrogen (secondary N) is 2. The van der Waals surface area contributed by atoms with Crippen molar-refractivity contribution in [2.75, 3.05) is 26.7 Å².